The van der Waals surface area contributed by atoms with Crippen LogP contribution in [0.25, 0.3) is 0 Å². The molecule has 0 N–H and O–H groups in total. The van der Waals surface area contributed by atoms with Gasteiger partial charge in [0, 0.05) is 35.0 Å². The lowest BCUT2D eigenvalue weighted by Crippen LogP contribution is -2.18. The second kappa shape index (κ2) is 9.16. The Bertz CT molecular complexity index is 887. The third kappa shape index (κ3) is 4.62. The Kier molecular flexibility index (Phi) is 6.86. The van der Waals surface area contributed by atoms with Gasteiger partial charge in [0.1, 0.15) is 0 Å². The van der Waals surface area contributed by atoms with Crippen molar-refractivity contribution in [3.63, 3.8) is 0 Å². The molecule has 1 aromatic carbocycles. The molecule has 1 saturated heterocycles. The van der Waals surface area contributed by atoms with E-state index in [1.807, 2.05) is 32.2 Å². The second-order valence-electron chi connectivity index (χ2n) is 6.88. The number of hydrogen-bond donors (Lipinski definition) is 0. The van der Waals surface area contributed by atoms with Crippen LogP contribution in [0.4, 0.5) is 0 Å². The number of thioether (sulfide) groups is 1. The van der Waals surface area contributed by atoms with Crippen LogP contribution in [0.3, 0.4) is 0 Å². The molecule has 2 heterocycles. The minimum absolute atomic E-state index is 0.191. The highest BCUT2D eigenvalue weighted by molar-refractivity contribution is 7.98. The number of rotatable bonds is 7. The predicted molar refractivity (Wildman–Crippen MR) is 111 cm³/mol. The summed E-state index contributed by atoms with van der Waals surface area (Å²) in [5, 5.41) is 0.310. The van der Waals surface area contributed by atoms with Gasteiger partial charge in [-0.05, 0) is 57.2 Å². The normalized spacial score (nSPS) is 16.4. The zero-order chi connectivity index (χ0) is 20.3. The summed E-state index contributed by atoms with van der Waals surface area (Å²) in [5.41, 5.74) is 2.72. The van der Waals surface area contributed by atoms with E-state index in [0.717, 1.165) is 42.3 Å². The maximum atomic E-state index is 12.7. The fourth-order valence-electron chi connectivity index (χ4n) is 3.43. The summed E-state index contributed by atoms with van der Waals surface area (Å²) in [4.78, 5) is 25.9. The first-order valence-corrected chi connectivity index (χ1v) is 10.8. The molecule has 28 heavy (non-hydrogen) atoms. The van der Waals surface area contributed by atoms with Crippen molar-refractivity contribution in [2.75, 3.05) is 19.5 Å². The fourth-order valence-corrected chi connectivity index (χ4v) is 4.07. The van der Waals surface area contributed by atoms with Gasteiger partial charge < -0.3 is 14.0 Å². The van der Waals surface area contributed by atoms with E-state index in [1.165, 1.54) is 11.8 Å². The van der Waals surface area contributed by atoms with Gasteiger partial charge in [-0.3, -0.25) is 4.79 Å². The van der Waals surface area contributed by atoms with Crippen LogP contribution in [0.15, 0.2) is 29.2 Å². The van der Waals surface area contributed by atoms with Gasteiger partial charge in [-0.15, -0.1) is 11.8 Å². The van der Waals surface area contributed by atoms with Crippen LogP contribution in [0.5, 0.6) is 0 Å². The second-order valence-corrected chi connectivity index (χ2v) is 8.16. The summed E-state index contributed by atoms with van der Waals surface area (Å²) in [6.45, 7) is 5.10. The van der Waals surface area contributed by atoms with Gasteiger partial charge in [0.25, 0.3) is 0 Å². The van der Waals surface area contributed by atoms with Gasteiger partial charge in [0.15, 0.2) is 6.61 Å². The Morgan fingerprint density at radius 2 is 2.07 bits per heavy atom. The first-order valence-electron chi connectivity index (χ1n) is 9.23. The molecule has 3 rings (SSSR count). The number of ether oxygens (including phenoxy) is 2. The molecule has 1 fully saturated rings. The number of halogens is 1. The van der Waals surface area contributed by atoms with Crippen molar-refractivity contribution in [3.8, 4) is 0 Å². The lowest BCUT2D eigenvalue weighted by Gasteiger charge is -2.14. The monoisotopic (exact) mass is 421 g/mol. The van der Waals surface area contributed by atoms with E-state index in [1.54, 1.807) is 12.1 Å². The number of ketones is 1. The molecule has 7 heteroatoms. The first-order chi connectivity index (χ1) is 13.4. The van der Waals surface area contributed by atoms with E-state index in [4.69, 9.17) is 21.1 Å². The molecule has 0 unspecified atom stereocenters. The van der Waals surface area contributed by atoms with E-state index in [0.29, 0.717) is 10.6 Å². The number of aryl methyl sites for hydroxylation is 1. The summed E-state index contributed by atoms with van der Waals surface area (Å²) in [5.74, 6) is -0.820. The summed E-state index contributed by atoms with van der Waals surface area (Å²) < 4.78 is 13.1. The molecule has 1 atom stereocenters. The number of aromatic nitrogens is 1. The number of carbonyl (C=O) groups excluding carboxylic acids is 2. The molecule has 5 nitrogen and oxygen atoms in total. The molecular formula is C21H24ClNO4S. The van der Waals surface area contributed by atoms with Crippen molar-refractivity contribution in [2.45, 2.75) is 44.2 Å². The van der Waals surface area contributed by atoms with Gasteiger partial charge in [-0.2, -0.15) is 0 Å². The largest absolute Gasteiger partial charge is 0.454 e. The van der Waals surface area contributed by atoms with Crippen molar-refractivity contribution in [1.82, 2.24) is 4.57 Å². The SMILES string of the molecule is CSc1ccc(Cl)c(C(=O)OCC(=O)c2cc(C)n(C[C@H]3CCCO3)c2C)c1. The minimum atomic E-state index is -0.595. The lowest BCUT2D eigenvalue weighted by atomic mass is 10.1. The molecule has 2 aromatic rings. The van der Waals surface area contributed by atoms with Crippen molar-refractivity contribution in [3.05, 3.63) is 51.8 Å². The Labute approximate surface area is 174 Å². The Balaban J connectivity index is 1.67. The van der Waals surface area contributed by atoms with Crippen LogP contribution in [-0.2, 0) is 16.0 Å². The number of hydrogen-bond acceptors (Lipinski definition) is 5. The maximum absolute atomic E-state index is 12.7. The zero-order valence-electron chi connectivity index (χ0n) is 16.3. The molecule has 150 valence electrons. The van der Waals surface area contributed by atoms with Gasteiger partial charge >= 0.3 is 5.97 Å². The number of carbonyl (C=O) groups is 2. The highest BCUT2D eigenvalue weighted by Crippen LogP contribution is 2.24. The third-order valence-electron chi connectivity index (χ3n) is 5.01. The molecule has 0 radical (unpaired) electrons. The lowest BCUT2D eigenvalue weighted by molar-refractivity contribution is 0.0474. The molecule has 1 aliphatic heterocycles. The van der Waals surface area contributed by atoms with E-state index >= 15 is 0 Å². The standard InChI is InChI=1S/C21H24ClNO4S/c1-13-9-17(14(2)23(13)11-15-5-4-8-26-15)20(24)12-27-21(25)18-10-16(28-3)6-7-19(18)22/h6-7,9-10,15H,4-5,8,11-12H2,1-3H3/t15-/m1/s1. The minimum Gasteiger partial charge on any atom is -0.454 e. The van der Waals surface area contributed by atoms with Crippen LogP contribution in [0.1, 0.15) is 44.9 Å². The molecule has 0 aliphatic carbocycles. The molecule has 0 saturated carbocycles. The summed E-state index contributed by atoms with van der Waals surface area (Å²) in [7, 11) is 0. The Morgan fingerprint density at radius 1 is 1.29 bits per heavy atom. The molecule has 0 amide bonds. The van der Waals surface area contributed by atoms with Crippen LogP contribution >= 0.6 is 23.4 Å². The summed E-state index contributed by atoms with van der Waals surface area (Å²) in [6.07, 6.45) is 4.21. The van der Waals surface area contributed by atoms with Crippen LogP contribution in [0.2, 0.25) is 5.02 Å². The van der Waals surface area contributed by atoms with Gasteiger partial charge in [0.05, 0.1) is 16.7 Å². The number of Topliss-reactive ketones (excluding diaryl/α,β-unsaturated/α-hetero) is 1. The third-order valence-corrected chi connectivity index (χ3v) is 6.07. The average molecular weight is 422 g/mol. The first kappa shape index (κ1) is 21.0. The van der Waals surface area contributed by atoms with Gasteiger partial charge in [-0.25, -0.2) is 4.79 Å². The molecule has 0 spiro atoms. The van der Waals surface area contributed by atoms with Crippen molar-refractivity contribution >= 4 is 35.1 Å². The Morgan fingerprint density at radius 3 is 2.75 bits per heavy atom. The fraction of sp³-hybridized carbons (Fsp3) is 0.429. The highest BCUT2D eigenvalue weighted by Gasteiger charge is 2.22. The molecular weight excluding hydrogens is 398 g/mol. The van der Waals surface area contributed by atoms with Crippen molar-refractivity contribution in [2.24, 2.45) is 0 Å². The van der Waals surface area contributed by atoms with Crippen LogP contribution in [0, 0.1) is 13.8 Å². The van der Waals surface area contributed by atoms with Crippen LogP contribution in [-0.4, -0.2) is 41.9 Å². The quantitative estimate of drug-likeness (QED) is 0.368. The van der Waals surface area contributed by atoms with E-state index in [9.17, 15) is 9.59 Å². The number of esters is 1. The Hall–Kier alpha value is -1.76. The summed E-state index contributed by atoms with van der Waals surface area (Å²) >= 11 is 7.60. The van der Waals surface area contributed by atoms with Crippen molar-refractivity contribution in [1.29, 1.82) is 0 Å². The molecule has 0 bridgehead atoms. The topological polar surface area (TPSA) is 57.5 Å². The van der Waals surface area contributed by atoms with E-state index in [2.05, 4.69) is 4.57 Å². The van der Waals surface area contributed by atoms with E-state index < -0.39 is 5.97 Å². The van der Waals surface area contributed by atoms with Crippen molar-refractivity contribution < 1.29 is 19.1 Å². The van der Waals surface area contributed by atoms with Gasteiger partial charge in [0.2, 0.25) is 5.78 Å². The summed E-state index contributed by atoms with van der Waals surface area (Å²) in [6, 6.07) is 7.01. The number of nitrogens with zero attached hydrogens (tertiary/aromatic N) is 1. The highest BCUT2D eigenvalue weighted by atomic mass is 35.5. The molecule has 1 aliphatic rings. The van der Waals surface area contributed by atoms with Crippen LogP contribution < -0.4 is 0 Å². The average Bonchev–Trinajstić information content (AvgIpc) is 3.30. The van der Waals surface area contributed by atoms with E-state index in [-0.39, 0.29) is 24.1 Å². The smallest absolute Gasteiger partial charge is 0.340 e. The predicted octanol–water partition coefficient (Wildman–Crippen LogP) is 4.70. The maximum Gasteiger partial charge on any atom is 0.340 e. The zero-order valence-corrected chi connectivity index (χ0v) is 17.9. The number of benzene rings is 1. The van der Waals surface area contributed by atoms with Gasteiger partial charge in [-0.1, -0.05) is 11.6 Å². The molecule has 1 aromatic heterocycles.